The molecular weight excluding hydrogens is 348 g/mol. The van der Waals surface area contributed by atoms with Gasteiger partial charge >= 0.3 is 0 Å². The standard InChI is InChI=1S/C19H18N4O2S/c1-13(21-18(25)14-6-3-2-4-7-14)10-17(24)23-19-22-16(12-26-19)15-8-5-9-20-11-15/h2-9,11-13H,10H2,1H3,(H,21,25)(H,22,23,24). The maximum atomic E-state index is 12.2. The van der Waals surface area contributed by atoms with Gasteiger partial charge in [0.2, 0.25) is 5.91 Å². The summed E-state index contributed by atoms with van der Waals surface area (Å²) in [5.41, 5.74) is 2.23. The Balaban J connectivity index is 1.52. The van der Waals surface area contributed by atoms with Crippen molar-refractivity contribution in [1.82, 2.24) is 15.3 Å². The van der Waals surface area contributed by atoms with E-state index in [1.807, 2.05) is 23.6 Å². The quantitative estimate of drug-likeness (QED) is 0.701. The second-order valence-electron chi connectivity index (χ2n) is 5.77. The van der Waals surface area contributed by atoms with Gasteiger partial charge in [0.05, 0.1) is 5.69 Å². The van der Waals surface area contributed by atoms with Gasteiger partial charge in [0.1, 0.15) is 0 Å². The molecule has 7 heteroatoms. The summed E-state index contributed by atoms with van der Waals surface area (Å²) in [6.45, 7) is 1.79. The molecule has 1 aromatic carbocycles. The predicted molar refractivity (Wildman–Crippen MR) is 102 cm³/mol. The van der Waals surface area contributed by atoms with E-state index in [1.54, 1.807) is 43.6 Å². The summed E-state index contributed by atoms with van der Waals surface area (Å²) in [6.07, 6.45) is 3.59. The van der Waals surface area contributed by atoms with E-state index in [0.29, 0.717) is 10.7 Å². The molecule has 3 rings (SSSR count). The van der Waals surface area contributed by atoms with Crippen molar-refractivity contribution < 1.29 is 9.59 Å². The number of carbonyl (C=O) groups is 2. The van der Waals surface area contributed by atoms with Crippen LogP contribution in [0.5, 0.6) is 0 Å². The van der Waals surface area contributed by atoms with Crippen LogP contribution in [0.3, 0.4) is 0 Å². The highest BCUT2D eigenvalue weighted by Gasteiger charge is 2.14. The summed E-state index contributed by atoms with van der Waals surface area (Å²) in [4.78, 5) is 32.7. The summed E-state index contributed by atoms with van der Waals surface area (Å²) in [6, 6.07) is 12.4. The lowest BCUT2D eigenvalue weighted by molar-refractivity contribution is -0.116. The first-order valence-electron chi connectivity index (χ1n) is 8.13. The number of aromatic nitrogens is 2. The number of carbonyl (C=O) groups excluding carboxylic acids is 2. The van der Waals surface area contributed by atoms with E-state index >= 15 is 0 Å². The average Bonchev–Trinajstić information content (AvgIpc) is 3.11. The number of thiazole rings is 1. The van der Waals surface area contributed by atoms with Crippen LogP contribution in [0.4, 0.5) is 5.13 Å². The molecule has 0 aliphatic heterocycles. The van der Waals surface area contributed by atoms with Crippen LogP contribution in [0.15, 0.2) is 60.2 Å². The van der Waals surface area contributed by atoms with Crippen molar-refractivity contribution >= 4 is 28.3 Å². The van der Waals surface area contributed by atoms with E-state index < -0.39 is 0 Å². The molecule has 2 heterocycles. The third kappa shape index (κ3) is 4.73. The van der Waals surface area contributed by atoms with Gasteiger partial charge in [0, 0.05) is 41.4 Å². The molecule has 3 aromatic rings. The van der Waals surface area contributed by atoms with Crippen molar-refractivity contribution in [2.75, 3.05) is 5.32 Å². The van der Waals surface area contributed by atoms with E-state index in [2.05, 4.69) is 20.6 Å². The zero-order chi connectivity index (χ0) is 18.4. The minimum Gasteiger partial charge on any atom is -0.349 e. The van der Waals surface area contributed by atoms with E-state index in [-0.39, 0.29) is 24.3 Å². The fraction of sp³-hybridized carbons (Fsp3) is 0.158. The number of nitrogens with one attached hydrogen (secondary N) is 2. The third-order valence-corrected chi connectivity index (χ3v) is 4.37. The lowest BCUT2D eigenvalue weighted by Gasteiger charge is -2.13. The van der Waals surface area contributed by atoms with E-state index in [1.165, 1.54) is 11.3 Å². The Morgan fingerprint density at radius 2 is 1.96 bits per heavy atom. The number of nitrogens with zero attached hydrogens (tertiary/aromatic N) is 2. The monoisotopic (exact) mass is 366 g/mol. The third-order valence-electron chi connectivity index (χ3n) is 3.61. The molecule has 2 amide bonds. The first-order chi connectivity index (χ1) is 12.6. The summed E-state index contributed by atoms with van der Waals surface area (Å²) < 4.78 is 0. The van der Waals surface area contributed by atoms with E-state index in [4.69, 9.17) is 0 Å². The van der Waals surface area contributed by atoms with E-state index in [0.717, 1.165) is 11.3 Å². The van der Waals surface area contributed by atoms with Crippen LogP contribution >= 0.6 is 11.3 Å². The first-order valence-corrected chi connectivity index (χ1v) is 9.01. The van der Waals surface area contributed by atoms with Gasteiger partial charge in [-0.25, -0.2) is 4.98 Å². The molecule has 0 saturated heterocycles. The van der Waals surface area contributed by atoms with Crippen LogP contribution in [0.2, 0.25) is 0 Å². The topological polar surface area (TPSA) is 84.0 Å². The molecule has 0 radical (unpaired) electrons. The van der Waals surface area contributed by atoms with Crippen molar-refractivity contribution in [3.05, 3.63) is 65.8 Å². The smallest absolute Gasteiger partial charge is 0.251 e. The van der Waals surface area contributed by atoms with Crippen molar-refractivity contribution in [3.8, 4) is 11.3 Å². The summed E-state index contributed by atoms with van der Waals surface area (Å²) in [5.74, 6) is -0.392. The first kappa shape index (κ1) is 17.8. The molecule has 0 fully saturated rings. The number of pyridine rings is 1. The van der Waals surface area contributed by atoms with Gasteiger partial charge in [0.15, 0.2) is 5.13 Å². The molecule has 0 aliphatic rings. The van der Waals surface area contributed by atoms with Crippen LogP contribution in [-0.2, 0) is 4.79 Å². The molecule has 0 aliphatic carbocycles. The Labute approximate surface area is 155 Å². The molecule has 2 aromatic heterocycles. The van der Waals surface area contributed by atoms with Gasteiger partial charge in [-0.1, -0.05) is 18.2 Å². The summed E-state index contributed by atoms with van der Waals surface area (Å²) in [5, 5.41) is 7.98. The number of amides is 2. The number of benzene rings is 1. The minimum absolute atomic E-state index is 0.167. The second-order valence-corrected chi connectivity index (χ2v) is 6.63. The average molecular weight is 366 g/mol. The molecule has 26 heavy (non-hydrogen) atoms. The number of rotatable bonds is 6. The van der Waals surface area contributed by atoms with Gasteiger partial charge in [-0.15, -0.1) is 11.3 Å². The summed E-state index contributed by atoms with van der Waals surface area (Å²) in [7, 11) is 0. The Morgan fingerprint density at radius 1 is 1.15 bits per heavy atom. The highest BCUT2D eigenvalue weighted by atomic mass is 32.1. The number of anilines is 1. The predicted octanol–water partition coefficient (Wildman–Crippen LogP) is 3.35. The molecule has 0 bridgehead atoms. The number of hydrogen-bond acceptors (Lipinski definition) is 5. The SMILES string of the molecule is CC(CC(=O)Nc1nc(-c2cccnc2)cs1)NC(=O)c1ccccc1. The largest absolute Gasteiger partial charge is 0.349 e. The van der Waals surface area contributed by atoms with Crippen LogP contribution in [0.25, 0.3) is 11.3 Å². The molecule has 1 atom stereocenters. The van der Waals surface area contributed by atoms with Crippen LogP contribution in [0.1, 0.15) is 23.7 Å². The fourth-order valence-corrected chi connectivity index (χ4v) is 3.11. The van der Waals surface area contributed by atoms with Crippen LogP contribution in [0, 0.1) is 0 Å². The molecule has 0 saturated carbocycles. The highest BCUT2D eigenvalue weighted by molar-refractivity contribution is 7.14. The molecular formula is C19H18N4O2S. The lowest BCUT2D eigenvalue weighted by atomic mass is 10.1. The van der Waals surface area contributed by atoms with Crippen molar-refractivity contribution in [3.63, 3.8) is 0 Å². The Kier molecular flexibility index (Phi) is 5.70. The Morgan fingerprint density at radius 3 is 2.69 bits per heavy atom. The molecule has 0 spiro atoms. The molecule has 6 nitrogen and oxygen atoms in total. The molecule has 2 N–H and O–H groups in total. The lowest BCUT2D eigenvalue weighted by Crippen LogP contribution is -2.35. The zero-order valence-electron chi connectivity index (χ0n) is 14.2. The minimum atomic E-state index is -0.291. The van der Waals surface area contributed by atoms with Gasteiger partial charge in [-0.3, -0.25) is 14.6 Å². The van der Waals surface area contributed by atoms with Gasteiger partial charge in [-0.2, -0.15) is 0 Å². The maximum absolute atomic E-state index is 12.2. The van der Waals surface area contributed by atoms with Crippen LogP contribution in [-0.4, -0.2) is 27.8 Å². The van der Waals surface area contributed by atoms with Crippen molar-refractivity contribution in [2.45, 2.75) is 19.4 Å². The fourth-order valence-electron chi connectivity index (χ4n) is 2.37. The van der Waals surface area contributed by atoms with Crippen molar-refractivity contribution in [2.24, 2.45) is 0 Å². The zero-order valence-corrected chi connectivity index (χ0v) is 15.0. The second kappa shape index (κ2) is 8.35. The Hall–Kier alpha value is -3.06. The normalized spacial score (nSPS) is 11.6. The summed E-state index contributed by atoms with van der Waals surface area (Å²) >= 11 is 1.35. The maximum Gasteiger partial charge on any atom is 0.251 e. The Bertz CT molecular complexity index is 881. The number of hydrogen-bond donors (Lipinski definition) is 2. The highest BCUT2D eigenvalue weighted by Crippen LogP contribution is 2.24. The van der Waals surface area contributed by atoms with Gasteiger partial charge in [-0.05, 0) is 31.2 Å². The van der Waals surface area contributed by atoms with Gasteiger partial charge in [0.25, 0.3) is 5.91 Å². The molecule has 132 valence electrons. The van der Waals surface area contributed by atoms with Crippen LogP contribution < -0.4 is 10.6 Å². The van der Waals surface area contributed by atoms with E-state index in [9.17, 15) is 9.59 Å². The van der Waals surface area contributed by atoms with Gasteiger partial charge < -0.3 is 10.6 Å². The van der Waals surface area contributed by atoms with Crippen molar-refractivity contribution in [1.29, 1.82) is 0 Å². The molecule has 1 unspecified atom stereocenters.